The van der Waals surface area contributed by atoms with Crippen LogP contribution in [0.2, 0.25) is 0 Å². The minimum Gasteiger partial charge on any atom is -0.388 e. The van der Waals surface area contributed by atoms with E-state index in [-0.39, 0.29) is 17.6 Å². The summed E-state index contributed by atoms with van der Waals surface area (Å²) in [7, 11) is 0. The Bertz CT molecular complexity index is 316. The van der Waals surface area contributed by atoms with Crippen molar-refractivity contribution in [2.24, 2.45) is 4.99 Å². The van der Waals surface area contributed by atoms with Gasteiger partial charge in [0.2, 0.25) is 0 Å². The third-order valence-electron chi connectivity index (χ3n) is 3.12. The standard InChI is InChI=1S/C11H21N3O3S/c1-3-12-5-6-8(15)9(16)7-10(17-6)18-11(14-7)13-4-2/h6-10,12,15-16H,3-5H2,1-2H3,(H,13,14)/t6-,7-,8?,9?,10-/m1/s1. The fourth-order valence-corrected chi connectivity index (χ4v) is 3.36. The van der Waals surface area contributed by atoms with Gasteiger partial charge in [-0.25, -0.2) is 0 Å². The average Bonchev–Trinajstić information content (AvgIpc) is 2.75. The molecule has 0 spiro atoms. The second kappa shape index (κ2) is 6.21. The van der Waals surface area contributed by atoms with Crippen molar-refractivity contribution in [3.63, 3.8) is 0 Å². The van der Waals surface area contributed by atoms with Crippen LogP contribution < -0.4 is 10.6 Å². The molecule has 18 heavy (non-hydrogen) atoms. The van der Waals surface area contributed by atoms with Gasteiger partial charge in [-0.05, 0) is 13.5 Å². The molecule has 0 saturated carbocycles. The lowest BCUT2D eigenvalue weighted by Gasteiger charge is -2.39. The number of amidine groups is 1. The highest BCUT2D eigenvalue weighted by Crippen LogP contribution is 2.33. The first-order valence-corrected chi connectivity index (χ1v) is 7.25. The average molecular weight is 275 g/mol. The molecule has 0 aromatic rings. The predicted octanol–water partition coefficient (Wildman–Crippen LogP) is -0.876. The fraction of sp³-hybridized carbons (Fsp3) is 0.909. The van der Waals surface area contributed by atoms with Crippen LogP contribution in [-0.2, 0) is 4.74 Å². The lowest BCUT2D eigenvalue weighted by atomic mass is 9.98. The quantitative estimate of drug-likeness (QED) is 0.533. The van der Waals surface area contributed by atoms with E-state index >= 15 is 0 Å². The third kappa shape index (κ3) is 2.80. The maximum Gasteiger partial charge on any atom is 0.159 e. The summed E-state index contributed by atoms with van der Waals surface area (Å²) >= 11 is 1.48. The normalized spacial score (nSPS) is 41.8. The Balaban J connectivity index is 2.02. The van der Waals surface area contributed by atoms with E-state index in [2.05, 4.69) is 15.6 Å². The maximum absolute atomic E-state index is 10.1. The monoisotopic (exact) mass is 275 g/mol. The van der Waals surface area contributed by atoms with Gasteiger partial charge >= 0.3 is 0 Å². The third-order valence-corrected chi connectivity index (χ3v) is 4.22. The molecule has 0 amide bonds. The van der Waals surface area contributed by atoms with Crippen molar-refractivity contribution in [1.29, 1.82) is 0 Å². The van der Waals surface area contributed by atoms with Gasteiger partial charge in [0.05, 0.1) is 6.04 Å². The molecule has 2 aliphatic heterocycles. The summed E-state index contributed by atoms with van der Waals surface area (Å²) < 4.78 is 5.82. The zero-order chi connectivity index (χ0) is 13.1. The van der Waals surface area contributed by atoms with E-state index in [0.29, 0.717) is 13.1 Å². The van der Waals surface area contributed by atoms with Gasteiger partial charge in [-0.3, -0.25) is 4.99 Å². The van der Waals surface area contributed by atoms with Crippen molar-refractivity contribution in [3.8, 4) is 0 Å². The molecule has 2 saturated heterocycles. The van der Waals surface area contributed by atoms with E-state index < -0.39 is 12.2 Å². The number of thioether (sulfide) groups is 1. The van der Waals surface area contributed by atoms with Gasteiger partial charge in [-0.15, -0.1) is 0 Å². The molecule has 2 rings (SSSR count). The first kappa shape index (κ1) is 14.1. The number of aliphatic hydroxyl groups excluding tert-OH is 2. The van der Waals surface area contributed by atoms with Crippen molar-refractivity contribution in [2.45, 2.75) is 43.6 Å². The number of fused-ring (bicyclic) bond motifs is 1. The molecule has 0 aromatic heterocycles. The first-order valence-electron chi connectivity index (χ1n) is 6.37. The van der Waals surface area contributed by atoms with E-state index in [0.717, 1.165) is 11.7 Å². The minimum atomic E-state index is -0.876. The summed E-state index contributed by atoms with van der Waals surface area (Å²) in [6, 6.07) is -0.284. The Labute approximate surface area is 111 Å². The van der Waals surface area contributed by atoms with Gasteiger partial charge in [0.25, 0.3) is 0 Å². The van der Waals surface area contributed by atoms with Gasteiger partial charge in [0.1, 0.15) is 23.7 Å². The van der Waals surface area contributed by atoms with Gasteiger partial charge in [-0.2, -0.15) is 0 Å². The number of rotatable bonds is 4. The van der Waals surface area contributed by atoms with Gasteiger partial charge in [-0.1, -0.05) is 18.7 Å². The molecule has 2 aliphatic rings. The summed E-state index contributed by atoms with van der Waals surface area (Å²) in [4.78, 5) is 4.27. The Morgan fingerprint density at radius 3 is 2.83 bits per heavy atom. The van der Waals surface area contributed by atoms with Crippen molar-refractivity contribution in [2.75, 3.05) is 19.6 Å². The van der Waals surface area contributed by atoms with Gasteiger partial charge in [0.15, 0.2) is 5.17 Å². The number of nitrogens with zero attached hydrogens (tertiary/aromatic N) is 1. The topological polar surface area (TPSA) is 86.1 Å². The molecule has 0 aliphatic carbocycles. The summed E-state index contributed by atoms with van der Waals surface area (Å²) in [5.74, 6) is 0. The lowest BCUT2D eigenvalue weighted by molar-refractivity contribution is -0.153. The molecule has 0 aromatic carbocycles. The minimum absolute atomic E-state index is 0.183. The van der Waals surface area contributed by atoms with Gasteiger partial charge < -0.3 is 25.6 Å². The molecule has 104 valence electrons. The van der Waals surface area contributed by atoms with Crippen LogP contribution in [0.5, 0.6) is 0 Å². The van der Waals surface area contributed by atoms with Crippen LogP contribution in [0.25, 0.3) is 0 Å². The number of hydrogen-bond donors (Lipinski definition) is 4. The highest BCUT2D eigenvalue weighted by atomic mass is 32.2. The molecule has 2 heterocycles. The van der Waals surface area contributed by atoms with E-state index in [4.69, 9.17) is 4.74 Å². The zero-order valence-electron chi connectivity index (χ0n) is 10.7. The Morgan fingerprint density at radius 2 is 2.17 bits per heavy atom. The molecule has 0 radical (unpaired) electrons. The summed E-state index contributed by atoms with van der Waals surface area (Å²) in [6.45, 7) is 5.99. The molecule has 2 unspecified atom stereocenters. The molecular formula is C11H21N3O3S. The highest BCUT2D eigenvalue weighted by Gasteiger charge is 2.48. The van der Waals surface area contributed by atoms with Crippen LogP contribution in [-0.4, -0.2) is 64.8 Å². The van der Waals surface area contributed by atoms with Crippen molar-refractivity contribution >= 4 is 16.9 Å². The molecular weight excluding hydrogens is 254 g/mol. The lowest BCUT2D eigenvalue weighted by Crippen LogP contribution is -2.60. The van der Waals surface area contributed by atoms with Crippen LogP contribution in [0.3, 0.4) is 0 Å². The molecule has 7 heteroatoms. The van der Waals surface area contributed by atoms with E-state index in [1.54, 1.807) is 0 Å². The fourth-order valence-electron chi connectivity index (χ4n) is 2.15. The maximum atomic E-state index is 10.1. The molecule has 5 atom stereocenters. The molecule has 2 fully saturated rings. The number of hydrogen-bond acceptors (Lipinski definition) is 6. The van der Waals surface area contributed by atoms with Crippen LogP contribution in [0.15, 0.2) is 4.99 Å². The number of ether oxygens (including phenoxy) is 1. The Hall–Kier alpha value is -0.340. The van der Waals surface area contributed by atoms with Crippen molar-refractivity contribution in [1.82, 2.24) is 10.6 Å². The largest absolute Gasteiger partial charge is 0.388 e. The van der Waals surface area contributed by atoms with Crippen LogP contribution in [0, 0.1) is 0 Å². The molecule has 6 nitrogen and oxygen atoms in total. The number of likely N-dealkylation sites (N-methyl/N-ethyl adjacent to an activating group) is 1. The number of aliphatic imine (C=N–C) groups is 1. The predicted molar refractivity (Wildman–Crippen MR) is 71.7 cm³/mol. The van der Waals surface area contributed by atoms with Gasteiger partial charge in [0, 0.05) is 13.1 Å². The highest BCUT2D eigenvalue weighted by molar-refractivity contribution is 8.14. The van der Waals surface area contributed by atoms with E-state index in [1.807, 2.05) is 13.8 Å². The zero-order valence-corrected chi connectivity index (χ0v) is 11.5. The Morgan fingerprint density at radius 1 is 1.39 bits per heavy atom. The summed E-state index contributed by atoms with van der Waals surface area (Å²) in [6.07, 6.45) is -2.08. The SMILES string of the molecule is CCN=C1N[C@@H]2C(O)C(O)[C@@H](CNCC)O[C@@H]2S1. The van der Waals surface area contributed by atoms with Crippen LogP contribution in [0.1, 0.15) is 13.8 Å². The second-order valence-electron chi connectivity index (χ2n) is 4.40. The summed E-state index contributed by atoms with van der Waals surface area (Å²) in [5.41, 5.74) is -0.183. The van der Waals surface area contributed by atoms with Crippen molar-refractivity contribution in [3.05, 3.63) is 0 Å². The summed E-state index contributed by atoms with van der Waals surface area (Å²) in [5, 5.41) is 27.2. The second-order valence-corrected chi connectivity index (χ2v) is 5.49. The first-order chi connectivity index (χ1) is 8.67. The molecule has 0 bridgehead atoms. The van der Waals surface area contributed by atoms with Crippen LogP contribution >= 0.6 is 11.8 Å². The Kier molecular flexibility index (Phi) is 4.85. The van der Waals surface area contributed by atoms with E-state index in [1.165, 1.54) is 11.8 Å². The smallest absolute Gasteiger partial charge is 0.159 e. The van der Waals surface area contributed by atoms with Crippen molar-refractivity contribution < 1.29 is 14.9 Å². The number of aliphatic hydroxyl groups is 2. The van der Waals surface area contributed by atoms with Crippen LogP contribution in [0.4, 0.5) is 0 Å². The number of nitrogens with one attached hydrogen (secondary N) is 2. The van der Waals surface area contributed by atoms with E-state index in [9.17, 15) is 10.2 Å². The molecule has 4 N–H and O–H groups in total.